The van der Waals surface area contributed by atoms with E-state index in [9.17, 15) is 0 Å². The van der Waals surface area contributed by atoms with Crippen LogP contribution in [-0.4, -0.2) is 6.04 Å². The Morgan fingerprint density at radius 3 is 2.60 bits per heavy atom. The van der Waals surface area contributed by atoms with E-state index < -0.39 is 0 Å². The molecule has 1 saturated carbocycles. The van der Waals surface area contributed by atoms with Gasteiger partial charge in [0.25, 0.3) is 0 Å². The quantitative estimate of drug-likeness (QED) is 0.747. The van der Waals surface area contributed by atoms with Crippen LogP contribution in [0, 0.1) is 0 Å². The van der Waals surface area contributed by atoms with Crippen LogP contribution in [0.15, 0.2) is 56.7 Å². The van der Waals surface area contributed by atoms with Gasteiger partial charge in [0.2, 0.25) is 0 Å². The molecule has 0 bridgehead atoms. The zero-order valence-electron chi connectivity index (χ0n) is 10.9. The summed E-state index contributed by atoms with van der Waals surface area (Å²) in [7, 11) is 0. The molecule has 0 radical (unpaired) electrons. The van der Waals surface area contributed by atoms with Gasteiger partial charge in [-0.3, -0.25) is 0 Å². The van der Waals surface area contributed by atoms with Crippen LogP contribution in [0.2, 0.25) is 5.02 Å². The minimum atomic E-state index is 0.691. The number of hydrogen-bond donors (Lipinski definition) is 1. The van der Waals surface area contributed by atoms with Crippen LogP contribution in [0.25, 0.3) is 0 Å². The maximum absolute atomic E-state index is 6.36. The molecule has 1 aliphatic rings. The minimum absolute atomic E-state index is 0.691. The third-order valence-corrected chi connectivity index (χ3v) is 5.26. The summed E-state index contributed by atoms with van der Waals surface area (Å²) in [6.07, 6.45) is 2.58. The average molecular weight is 369 g/mol. The molecule has 0 amide bonds. The van der Waals surface area contributed by atoms with Crippen molar-refractivity contribution in [3.63, 3.8) is 0 Å². The molecular formula is C16H15BrClNS. The number of benzene rings is 2. The summed E-state index contributed by atoms with van der Waals surface area (Å²) in [6, 6.07) is 15.2. The van der Waals surface area contributed by atoms with Gasteiger partial charge in [0.05, 0.1) is 0 Å². The minimum Gasteiger partial charge on any atom is -0.310 e. The topological polar surface area (TPSA) is 12.0 Å². The Kier molecular flexibility index (Phi) is 4.72. The summed E-state index contributed by atoms with van der Waals surface area (Å²) in [4.78, 5) is 2.45. The highest BCUT2D eigenvalue weighted by molar-refractivity contribution is 9.10. The van der Waals surface area contributed by atoms with Gasteiger partial charge in [-0.1, -0.05) is 45.4 Å². The van der Waals surface area contributed by atoms with Gasteiger partial charge < -0.3 is 5.32 Å². The Balaban J connectivity index is 1.80. The molecule has 20 heavy (non-hydrogen) atoms. The van der Waals surface area contributed by atoms with E-state index in [1.54, 1.807) is 11.8 Å². The zero-order valence-corrected chi connectivity index (χ0v) is 14.1. The van der Waals surface area contributed by atoms with E-state index in [2.05, 4.69) is 51.6 Å². The van der Waals surface area contributed by atoms with E-state index in [0.29, 0.717) is 6.04 Å². The molecule has 4 heteroatoms. The molecule has 1 N–H and O–H groups in total. The first kappa shape index (κ1) is 14.5. The number of hydrogen-bond acceptors (Lipinski definition) is 2. The monoisotopic (exact) mass is 367 g/mol. The first-order valence-corrected chi connectivity index (χ1v) is 8.65. The first-order valence-electron chi connectivity index (χ1n) is 6.66. The van der Waals surface area contributed by atoms with Crippen LogP contribution in [0.5, 0.6) is 0 Å². The predicted molar refractivity (Wildman–Crippen MR) is 89.6 cm³/mol. The predicted octanol–water partition coefficient (Wildman–Crippen LogP) is 5.51. The van der Waals surface area contributed by atoms with E-state index in [0.717, 1.165) is 16.0 Å². The normalized spacial score (nSPS) is 14.5. The standard InChI is InChI=1S/C16H15BrClNS/c17-11-4-8-13(9-5-11)20-16-3-1-2-15(18)14(16)10-19-12-6-7-12/h1-5,8-9,12,19H,6-7,10H2. The Labute approximate surface area is 137 Å². The second kappa shape index (κ2) is 6.52. The van der Waals surface area contributed by atoms with Gasteiger partial charge in [-0.2, -0.15) is 0 Å². The summed E-state index contributed by atoms with van der Waals surface area (Å²) in [5, 5.41) is 4.39. The molecule has 1 aliphatic carbocycles. The molecule has 1 fully saturated rings. The molecule has 0 saturated heterocycles. The van der Waals surface area contributed by atoms with Crippen LogP contribution in [0.1, 0.15) is 18.4 Å². The molecule has 0 unspecified atom stereocenters. The third kappa shape index (κ3) is 3.79. The fraction of sp³-hybridized carbons (Fsp3) is 0.250. The van der Waals surface area contributed by atoms with Crippen molar-refractivity contribution in [1.82, 2.24) is 5.32 Å². The summed E-state index contributed by atoms with van der Waals surface area (Å²) in [5.74, 6) is 0. The maximum Gasteiger partial charge on any atom is 0.0462 e. The van der Waals surface area contributed by atoms with Crippen LogP contribution in [0.3, 0.4) is 0 Å². The fourth-order valence-electron chi connectivity index (χ4n) is 1.97. The van der Waals surface area contributed by atoms with Crippen LogP contribution in [-0.2, 0) is 6.54 Å². The van der Waals surface area contributed by atoms with Gasteiger partial charge >= 0.3 is 0 Å². The SMILES string of the molecule is Clc1cccc(Sc2ccc(Br)cc2)c1CNC1CC1. The van der Waals surface area contributed by atoms with Crippen molar-refractivity contribution in [3.05, 3.63) is 57.5 Å². The second-order valence-electron chi connectivity index (χ2n) is 4.93. The smallest absolute Gasteiger partial charge is 0.0462 e. The lowest BCUT2D eigenvalue weighted by Crippen LogP contribution is -2.16. The third-order valence-electron chi connectivity index (χ3n) is 3.26. The molecular weight excluding hydrogens is 354 g/mol. The molecule has 0 aliphatic heterocycles. The van der Waals surface area contributed by atoms with E-state index >= 15 is 0 Å². The van der Waals surface area contributed by atoms with E-state index in [1.165, 1.54) is 28.2 Å². The van der Waals surface area contributed by atoms with Crippen LogP contribution in [0.4, 0.5) is 0 Å². The fourth-order valence-corrected chi connectivity index (χ4v) is 3.51. The summed E-state index contributed by atoms with van der Waals surface area (Å²) in [6.45, 7) is 0.850. The molecule has 3 rings (SSSR count). The van der Waals surface area contributed by atoms with Gasteiger partial charge in [-0.05, 0) is 54.8 Å². The van der Waals surface area contributed by atoms with Crippen molar-refractivity contribution in [3.8, 4) is 0 Å². The van der Waals surface area contributed by atoms with Gasteiger partial charge in [0.1, 0.15) is 0 Å². The summed E-state index contributed by atoms with van der Waals surface area (Å²) < 4.78 is 1.10. The molecule has 1 nitrogen and oxygen atoms in total. The Bertz CT molecular complexity index is 596. The van der Waals surface area contributed by atoms with Crippen molar-refractivity contribution < 1.29 is 0 Å². The zero-order chi connectivity index (χ0) is 13.9. The molecule has 2 aromatic rings. The largest absolute Gasteiger partial charge is 0.310 e. The lowest BCUT2D eigenvalue weighted by molar-refractivity contribution is 0.680. The number of rotatable bonds is 5. The maximum atomic E-state index is 6.36. The van der Waals surface area contributed by atoms with Crippen LogP contribution >= 0.6 is 39.3 Å². The van der Waals surface area contributed by atoms with Crippen molar-refractivity contribution in [1.29, 1.82) is 0 Å². The molecule has 0 atom stereocenters. The second-order valence-corrected chi connectivity index (χ2v) is 7.37. The first-order chi connectivity index (χ1) is 9.72. The lowest BCUT2D eigenvalue weighted by atomic mass is 10.2. The van der Waals surface area contributed by atoms with Gasteiger partial charge in [0, 0.05) is 31.9 Å². The van der Waals surface area contributed by atoms with E-state index in [-0.39, 0.29) is 0 Å². The molecule has 0 aromatic heterocycles. The average Bonchev–Trinajstić information content (AvgIpc) is 3.25. The van der Waals surface area contributed by atoms with Crippen molar-refractivity contribution >= 4 is 39.3 Å². The van der Waals surface area contributed by atoms with Gasteiger partial charge in [-0.15, -0.1) is 0 Å². The van der Waals surface area contributed by atoms with Crippen molar-refractivity contribution in [2.24, 2.45) is 0 Å². The van der Waals surface area contributed by atoms with E-state index in [4.69, 9.17) is 11.6 Å². The lowest BCUT2D eigenvalue weighted by Gasteiger charge is -2.12. The summed E-state index contributed by atoms with van der Waals surface area (Å²) in [5.41, 5.74) is 1.20. The summed E-state index contributed by atoms with van der Waals surface area (Å²) >= 11 is 11.6. The Hall–Kier alpha value is -0.480. The highest BCUT2D eigenvalue weighted by Crippen LogP contribution is 2.34. The Morgan fingerprint density at radius 2 is 1.90 bits per heavy atom. The van der Waals surface area contributed by atoms with Crippen molar-refractivity contribution in [2.75, 3.05) is 0 Å². The van der Waals surface area contributed by atoms with Crippen LogP contribution < -0.4 is 5.32 Å². The highest BCUT2D eigenvalue weighted by atomic mass is 79.9. The van der Waals surface area contributed by atoms with Crippen molar-refractivity contribution in [2.45, 2.75) is 35.2 Å². The molecule has 104 valence electrons. The van der Waals surface area contributed by atoms with E-state index in [1.807, 2.05) is 12.1 Å². The molecule has 2 aromatic carbocycles. The van der Waals surface area contributed by atoms with Gasteiger partial charge in [0.15, 0.2) is 0 Å². The molecule has 0 spiro atoms. The number of nitrogens with one attached hydrogen (secondary N) is 1. The van der Waals surface area contributed by atoms with Gasteiger partial charge in [-0.25, -0.2) is 0 Å². The Morgan fingerprint density at radius 1 is 1.15 bits per heavy atom. The molecule has 0 heterocycles. The highest BCUT2D eigenvalue weighted by Gasteiger charge is 2.21. The number of halogens is 2.